The van der Waals surface area contributed by atoms with Crippen LogP contribution in [0.25, 0.3) is 0 Å². The number of rotatable bonds is 3. The van der Waals surface area contributed by atoms with Crippen LogP contribution >= 0.6 is 0 Å². The summed E-state index contributed by atoms with van der Waals surface area (Å²) in [4.78, 5) is 24.9. The summed E-state index contributed by atoms with van der Waals surface area (Å²) in [6.45, 7) is 3.94. The van der Waals surface area contributed by atoms with E-state index >= 15 is 0 Å². The smallest absolute Gasteiger partial charge is 0.358 e. The van der Waals surface area contributed by atoms with Crippen LogP contribution in [0.3, 0.4) is 0 Å². The maximum Gasteiger partial charge on any atom is 0.364 e. The molecular weight excluding hydrogens is 198 g/mol. The lowest BCUT2D eigenvalue weighted by Gasteiger charge is -2.03. The number of pyridine rings is 1. The van der Waals surface area contributed by atoms with E-state index in [1.165, 1.54) is 12.3 Å². The summed E-state index contributed by atoms with van der Waals surface area (Å²) < 4.78 is 0. The van der Waals surface area contributed by atoms with E-state index in [4.69, 9.17) is 0 Å². The summed E-state index contributed by atoms with van der Waals surface area (Å²) in [6.07, 6.45) is 1.32. The van der Waals surface area contributed by atoms with Crippen molar-refractivity contribution in [1.29, 1.82) is 0 Å². The Bertz CT molecular complexity index is 404. The van der Waals surface area contributed by atoms with Gasteiger partial charge in [-0.05, 0) is 23.8 Å². The van der Waals surface area contributed by atoms with Gasteiger partial charge in [0.15, 0.2) is 0 Å². The Morgan fingerprint density at radius 3 is 2.87 bits per heavy atom. The number of nitrogens with one attached hydrogen (secondary N) is 1. The van der Waals surface area contributed by atoms with E-state index in [1.807, 2.05) is 0 Å². The Labute approximate surface area is 86.5 Å². The van der Waals surface area contributed by atoms with E-state index < -0.39 is 4.92 Å². The molecule has 0 saturated carbocycles. The van der Waals surface area contributed by atoms with Crippen LogP contribution in [-0.2, 0) is 0 Å². The zero-order valence-electron chi connectivity index (χ0n) is 8.48. The first-order chi connectivity index (χ1) is 7.06. The number of amides is 1. The number of nitrogens with zero attached hydrogens (tertiary/aromatic N) is 2. The van der Waals surface area contributed by atoms with Crippen LogP contribution in [0.2, 0.25) is 0 Å². The van der Waals surface area contributed by atoms with Crippen molar-refractivity contribution >= 4 is 11.7 Å². The molecule has 80 valence electrons. The lowest BCUT2D eigenvalue weighted by Crippen LogP contribution is -2.23. The molecule has 0 saturated heterocycles. The Hall–Kier alpha value is -1.98. The van der Waals surface area contributed by atoms with Crippen molar-refractivity contribution in [2.75, 3.05) is 6.54 Å². The van der Waals surface area contributed by atoms with Crippen molar-refractivity contribution in [3.8, 4) is 0 Å². The fourth-order valence-electron chi connectivity index (χ4n) is 1.11. The summed E-state index contributed by atoms with van der Waals surface area (Å²) in [5.41, 5.74) is 0.908. The third kappa shape index (κ3) is 2.49. The third-order valence-corrected chi connectivity index (χ3v) is 1.86. The Morgan fingerprint density at radius 2 is 2.33 bits per heavy atom. The second-order valence-electron chi connectivity index (χ2n) is 2.97. The maximum atomic E-state index is 11.5. The first-order valence-electron chi connectivity index (χ1n) is 4.45. The van der Waals surface area contributed by atoms with Gasteiger partial charge in [0.05, 0.1) is 5.56 Å². The summed E-state index contributed by atoms with van der Waals surface area (Å²) in [5, 5.41) is 13.0. The fraction of sp³-hybridized carbons (Fsp3) is 0.333. The molecule has 0 aliphatic heterocycles. The van der Waals surface area contributed by atoms with Crippen LogP contribution in [0.15, 0.2) is 12.3 Å². The number of aryl methyl sites for hydroxylation is 1. The predicted octanol–water partition coefficient (Wildman–Crippen LogP) is 1.05. The lowest BCUT2D eigenvalue weighted by atomic mass is 10.1. The number of hydrogen-bond donors (Lipinski definition) is 1. The SMILES string of the molecule is CCNC(=O)c1cc([N+](=O)[O-])ncc1C. The van der Waals surface area contributed by atoms with Gasteiger partial charge in [0.2, 0.25) is 0 Å². The van der Waals surface area contributed by atoms with Crippen LogP contribution in [0, 0.1) is 17.0 Å². The number of hydrogen-bond acceptors (Lipinski definition) is 4. The van der Waals surface area contributed by atoms with Gasteiger partial charge in [0.1, 0.15) is 6.20 Å². The molecule has 1 aromatic heterocycles. The highest BCUT2D eigenvalue weighted by molar-refractivity contribution is 5.95. The van der Waals surface area contributed by atoms with Crippen molar-refractivity contribution in [1.82, 2.24) is 10.3 Å². The molecular formula is C9H11N3O3. The van der Waals surface area contributed by atoms with E-state index in [2.05, 4.69) is 10.3 Å². The minimum absolute atomic E-state index is 0.290. The maximum absolute atomic E-state index is 11.5. The summed E-state index contributed by atoms with van der Waals surface area (Å²) in [5.74, 6) is -0.637. The molecule has 0 radical (unpaired) electrons. The van der Waals surface area contributed by atoms with Gasteiger partial charge in [-0.1, -0.05) is 0 Å². The normalized spacial score (nSPS) is 9.73. The Kier molecular flexibility index (Phi) is 3.33. The van der Waals surface area contributed by atoms with Crippen LogP contribution in [0.1, 0.15) is 22.8 Å². The summed E-state index contributed by atoms with van der Waals surface area (Å²) in [7, 11) is 0. The van der Waals surface area contributed by atoms with Crippen molar-refractivity contribution < 1.29 is 9.72 Å². The van der Waals surface area contributed by atoms with Crippen molar-refractivity contribution in [2.45, 2.75) is 13.8 Å². The molecule has 0 fully saturated rings. The number of carbonyl (C=O) groups excluding carboxylic acids is 1. The van der Waals surface area contributed by atoms with E-state index in [0.29, 0.717) is 17.7 Å². The van der Waals surface area contributed by atoms with Crippen LogP contribution in [-0.4, -0.2) is 22.4 Å². The molecule has 0 unspecified atom stereocenters. The van der Waals surface area contributed by atoms with Gasteiger partial charge in [-0.2, -0.15) is 0 Å². The van der Waals surface area contributed by atoms with E-state index in [-0.39, 0.29) is 11.7 Å². The van der Waals surface area contributed by atoms with Gasteiger partial charge in [0, 0.05) is 18.2 Å². The largest absolute Gasteiger partial charge is 0.364 e. The highest BCUT2D eigenvalue weighted by atomic mass is 16.6. The highest BCUT2D eigenvalue weighted by Crippen LogP contribution is 2.13. The minimum atomic E-state index is -0.623. The topological polar surface area (TPSA) is 85.1 Å². The molecule has 1 aromatic rings. The number of carbonyl (C=O) groups is 1. The lowest BCUT2D eigenvalue weighted by molar-refractivity contribution is -0.389. The molecule has 0 atom stereocenters. The first kappa shape index (κ1) is 11.1. The molecule has 1 heterocycles. The van der Waals surface area contributed by atoms with Gasteiger partial charge < -0.3 is 15.4 Å². The van der Waals surface area contributed by atoms with Crippen LogP contribution in [0.5, 0.6) is 0 Å². The van der Waals surface area contributed by atoms with Gasteiger partial charge in [-0.25, -0.2) is 0 Å². The third-order valence-electron chi connectivity index (χ3n) is 1.86. The Morgan fingerprint density at radius 1 is 1.67 bits per heavy atom. The zero-order valence-corrected chi connectivity index (χ0v) is 8.48. The first-order valence-corrected chi connectivity index (χ1v) is 4.45. The molecule has 0 aliphatic rings. The average molecular weight is 209 g/mol. The van der Waals surface area contributed by atoms with Crippen molar-refractivity contribution in [2.24, 2.45) is 0 Å². The number of nitro groups is 1. The summed E-state index contributed by atoms with van der Waals surface area (Å²) in [6, 6.07) is 1.18. The zero-order chi connectivity index (χ0) is 11.4. The number of aromatic nitrogens is 1. The van der Waals surface area contributed by atoms with Crippen LogP contribution < -0.4 is 5.32 Å². The molecule has 0 bridgehead atoms. The molecule has 6 heteroatoms. The van der Waals surface area contributed by atoms with Crippen molar-refractivity contribution in [3.63, 3.8) is 0 Å². The summed E-state index contributed by atoms with van der Waals surface area (Å²) >= 11 is 0. The second kappa shape index (κ2) is 4.50. The molecule has 0 aromatic carbocycles. The van der Waals surface area contributed by atoms with E-state index in [9.17, 15) is 14.9 Å². The molecule has 0 spiro atoms. The van der Waals surface area contributed by atoms with Gasteiger partial charge in [-0.3, -0.25) is 4.79 Å². The van der Waals surface area contributed by atoms with Crippen LogP contribution in [0.4, 0.5) is 5.82 Å². The minimum Gasteiger partial charge on any atom is -0.358 e. The molecule has 1 rings (SSSR count). The monoisotopic (exact) mass is 209 g/mol. The second-order valence-corrected chi connectivity index (χ2v) is 2.97. The van der Waals surface area contributed by atoms with E-state index in [0.717, 1.165) is 0 Å². The van der Waals surface area contributed by atoms with Gasteiger partial charge >= 0.3 is 5.82 Å². The standard InChI is InChI=1S/C9H11N3O3/c1-3-10-9(13)7-4-8(12(14)15)11-5-6(7)2/h4-5H,3H2,1-2H3,(H,10,13). The molecule has 15 heavy (non-hydrogen) atoms. The van der Waals surface area contributed by atoms with Gasteiger partial charge in [0.25, 0.3) is 5.91 Å². The molecule has 1 N–H and O–H groups in total. The molecule has 1 amide bonds. The Balaban J connectivity index is 3.10. The average Bonchev–Trinajstić information content (AvgIpc) is 2.18. The van der Waals surface area contributed by atoms with E-state index in [1.54, 1.807) is 13.8 Å². The fourth-order valence-corrected chi connectivity index (χ4v) is 1.11. The van der Waals surface area contributed by atoms with Crippen molar-refractivity contribution in [3.05, 3.63) is 33.5 Å². The van der Waals surface area contributed by atoms with Gasteiger partial charge in [-0.15, -0.1) is 0 Å². The molecule has 6 nitrogen and oxygen atoms in total. The molecule has 0 aliphatic carbocycles. The quantitative estimate of drug-likeness (QED) is 0.595. The predicted molar refractivity (Wildman–Crippen MR) is 53.6 cm³/mol. The highest BCUT2D eigenvalue weighted by Gasteiger charge is 2.15.